The zero-order valence-corrected chi connectivity index (χ0v) is 17.8. The van der Waals surface area contributed by atoms with E-state index in [9.17, 15) is 0 Å². The summed E-state index contributed by atoms with van der Waals surface area (Å²) in [7, 11) is 1.68. The van der Waals surface area contributed by atoms with Gasteiger partial charge in [-0.25, -0.2) is 0 Å². The van der Waals surface area contributed by atoms with Gasteiger partial charge in [0.1, 0.15) is 5.75 Å². The third-order valence-corrected chi connectivity index (χ3v) is 5.98. The molecule has 2 aromatic carbocycles. The number of ether oxygens (including phenoxy) is 1. The molecule has 2 aliphatic rings. The summed E-state index contributed by atoms with van der Waals surface area (Å²) in [5.41, 5.74) is 3.93. The molecule has 1 fully saturated rings. The first-order valence-corrected chi connectivity index (χ1v) is 11.0. The SMILES string of the molecule is COc1cccc(CNc2nc(NC3Cc4ccccc4C3)nc(N3CCCC3)n2)c1. The van der Waals surface area contributed by atoms with E-state index in [0.29, 0.717) is 24.5 Å². The van der Waals surface area contributed by atoms with Crippen LogP contribution < -0.4 is 20.3 Å². The van der Waals surface area contributed by atoms with E-state index in [1.807, 2.05) is 18.2 Å². The highest BCUT2D eigenvalue weighted by Crippen LogP contribution is 2.25. The number of hydrogen-bond donors (Lipinski definition) is 2. The lowest BCUT2D eigenvalue weighted by atomic mass is 10.1. The number of methoxy groups -OCH3 is 1. The summed E-state index contributed by atoms with van der Waals surface area (Å²) in [5.74, 6) is 2.83. The molecule has 0 bridgehead atoms. The fourth-order valence-corrected chi connectivity index (χ4v) is 4.37. The molecule has 5 rings (SSSR count). The van der Waals surface area contributed by atoms with Crippen LogP contribution in [0.15, 0.2) is 48.5 Å². The van der Waals surface area contributed by atoms with Crippen LogP contribution in [0, 0.1) is 0 Å². The predicted octanol–water partition coefficient (Wildman–Crippen LogP) is 3.67. The van der Waals surface area contributed by atoms with Gasteiger partial charge in [0.15, 0.2) is 0 Å². The lowest BCUT2D eigenvalue weighted by Crippen LogP contribution is -2.25. The Bertz CT molecular complexity index is 1020. The van der Waals surface area contributed by atoms with Crippen molar-refractivity contribution in [3.05, 3.63) is 65.2 Å². The highest BCUT2D eigenvalue weighted by molar-refractivity contribution is 5.46. The van der Waals surface area contributed by atoms with E-state index >= 15 is 0 Å². The van der Waals surface area contributed by atoms with Gasteiger partial charge in [0.25, 0.3) is 0 Å². The average molecular weight is 417 g/mol. The minimum absolute atomic E-state index is 0.303. The van der Waals surface area contributed by atoms with Crippen molar-refractivity contribution < 1.29 is 4.74 Å². The Morgan fingerprint density at radius 1 is 0.935 bits per heavy atom. The van der Waals surface area contributed by atoms with E-state index in [4.69, 9.17) is 14.7 Å². The van der Waals surface area contributed by atoms with Crippen LogP contribution >= 0.6 is 0 Å². The first kappa shape index (κ1) is 19.6. The molecule has 7 nitrogen and oxygen atoms in total. The Labute approximate surface area is 182 Å². The van der Waals surface area contributed by atoms with Gasteiger partial charge in [-0.15, -0.1) is 0 Å². The van der Waals surface area contributed by atoms with Crippen LogP contribution in [0.1, 0.15) is 29.5 Å². The summed E-state index contributed by atoms with van der Waals surface area (Å²) in [6.07, 6.45) is 4.35. The van der Waals surface area contributed by atoms with Crippen molar-refractivity contribution >= 4 is 17.8 Å². The van der Waals surface area contributed by atoms with Gasteiger partial charge in [0, 0.05) is 25.7 Å². The molecule has 1 aliphatic heterocycles. The molecule has 1 aliphatic carbocycles. The van der Waals surface area contributed by atoms with Crippen LogP contribution in [0.2, 0.25) is 0 Å². The third kappa shape index (κ3) is 4.55. The summed E-state index contributed by atoms with van der Waals surface area (Å²) in [6.45, 7) is 2.61. The van der Waals surface area contributed by atoms with E-state index in [2.05, 4.69) is 50.8 Å². The second-order valence-corrected chi connectivity index (χ2v) is 8.20. The average Bonchev–Trinajstić information content (AvgIpc) is 3.47. The van der Waals surface area contributed by atoms with Gasteiger partial charge >= 0.3 is 0 Å². The molecule has 7 heteroatoms. The lowest BCUT2D eigenvalue weighted by Gasteiger charge is -2.19. The monoisotopic (exact) mass is 416 g/mol. The second kappa shape index (κ2) is 8.79. The molecule has 2 N–H and O–H groups in total. The van der Waals surface area contributed by atoms with Gasteiger partial charge in [0.05, 0.1) is 7.11 Å². The van der Waals surface area contributed by atoms with Crippen LogP contribution in [0.4, 0.5) is 17.8 Å². The van der Waals surface area contributed by atoms with Gasteiger partial charge in [-0.2, -0.15) is 15.0 Å². The standard InChI is InChI=1S/C24H28N6O/c1-31-21-10-6-7-17(13-21)16-25-22-27-23(29-24(28-22)30-11-4-5-12-30)26-20-14-18-8-2-3-9-19(18)15-20/h2-3,6-10,13,20H,4-5,11-12,14-16H2,1H3,(H2,25,26,27,28,29). The molecule has 0 radical (unpaired) electrons. The van der Waals surface area contributed by atoms with E-state index in [-0.39, 0.29) is 0 Å². The fraction of sp³-hybridized carbons (Fsp3) is 0.375. The molecule has 0 unspecified atom stereocenters. The Morgan fingerprint density at radius 2 is 1.68 bits per heavy atom. The summed E-state index contributed by atoms with van der Waals surface area (Å²) in [6, 6.07) is 17.0. The maximum Gasteiger partial charge on any atom is 0.231 e. The van der Waals surface area contributed by atoms with Gasteiger partial charge in [0.2, 0.25) is 17.8 Å². The fourth-order valence-electron chi connectivity index (χ4n) is 4.37. The summed E-state index contributed by atoms with van der Waals surface area (Å²) in [5, 5.41) is 6.93. The maximum absolute atomic E-state index is 5.33. The molecule has 0 amide bonds. The van der Waals surface area contributed by atoms with Gasteiger partial charge in [-0.1, -0.05) is 36.4 Å². The van der Waals surface area contributed by atoms with Gasteiger partial charge in [-0.05, 0) is 54.5 Å². The number of nitrogens with zero attached hydrogens (tertiary/aromatic N) is 4. The highest BCUT2D eigenvalue weighted by atomic mass is 16.5. The number of fused-ring (bicyclic) bond motifs is 1. The topological polar surface area (TPSA) is 75.2 Å². The molecule has 0 atom stereocenters. The molecule has 160 valence electrons. The Balaban J connectivity index is 1.34. The number of benzene rings is 2. The van der Waals surface area contributed by atoms with E-state index < -0.39 is 0 Å². The van der Waals surface area contributed by atoms with Crippen molar-refractivity contribution in [3.8, 4) is 5.75 Å². The van der Waals surface area contributed by atoms with Crippen LogP contribution in [-0.2, 0) is 19.4 Å². The summed E-state index contributed by atoms with van der Waals surface area (Å²) < 4.78 is 5.33. The highest BCUT2D eigenvalue weighted by Gasteiger charge is 2.23. The molecule has 3 aromatic rings. The van der Waals surface area contributed by atoms with Crippen LogP contribution in [0.3, 0.4) is 0 Å². The molecular formula is C24H28N6O. The predicted molar refractivity (Wildman–Crippen MR) is 123 cm³/mol. The molecule has 1 saturated heterocycles. The normalized spacial score (nSPS) is 15.7. The van der Waals surface area contributed by atoms with Crippen molar-refractivity contribution in [2.75, 3.05) is 35.7 Å². The van der Waals surface area contributed by atoms with Crippen LogP contribution in [-0.4, -0.2) is 41.2 Å². The minimum Gasteiger partial charge on any atom is -0.497 e. The molecule has 31 heavy (non-hydrogen) atoms. The largest absolute Gasteiger partial charge is 0.497 e. The zero-order valence-electron chi connectivity index (χ0n) is 17.8. The van der Waals surface area contributed by atoms with Crippen molar-refractivity contribution in [2.45, 2.75) is 38.3 Å². The number of nitrogens with one attached hydrogen (secondary N) is 2. The Morgan fingerprint density at radius 3 is 2.42 bits per heavy atom. The number of anilines is 3. The van der Waals surface area contributed by atoms with Crippen molar-refractivity contribution in [3.63, 3.8) is 0 Å². The van der Waals surface area contributed by atoms with Crippen LogP contribution in [0.25, 0.3) is 0 Å². The van der Waals surface area contributed by atoms with Gasteiger partial charge in [-0.3, -0.25) is 0 Å². The molecule has 0 saturated carbocycles. The Hall–Kier alpha value is -3.35. The van der Waals surface area contributed by atoms with Gasteiger partial charge < -0.3 is 20.3 Å². The number of rotatable bonds is 7. The van der Waals surface area contributed by atoms with E-state index in [0.717, 1.165) is 43.2 Å². The molecule has 0 spiro atoms. The summed E-state index contributed by atoms with van der Waals surface area (Å²) in [4.78, 5) is 16.4. The number of aromatic nitrogens is 3. The third-order valence-electron chi connectivity index (χ3n) is 5.98. The minimum atomic E-state index is 0.303. The first-order valence-electron chi connectivity index (χ1n) is 11.0. The van der Waals surface area contributed by atoms with E-state index in [1.54, 1.807) is 7.11 Å². The van der Waals surface area contributed by atoms with Crippen molar-refractivity contribution in [1.82, 2.24) is 15.0 Å². The van der Waals surface area contributed by atoms with Crippen molar-refractivity contribution in [1.29, 1.82) is 0 Å². The molecule has 2 heterocycles. The number of hydrogen-bond acceptors (Lipinski definition) is 7. The Kier molecular flexibility index (Phi) is 5.56. The zero-order chi connectivity index (χ0) is 21.0. The lowest BCUT2D eigenvalue weighted by molar-refractivity contribution is 0.414. The smallest absolute Gasteiger partial charge is 0.231 e. The maximum atomic E-state index is 5.33. The molecular weight excluding hydrogens is 388 g/mol. The summed E-state index contributed by atoms with van der Waals surface area (Å²) >= 11 is 0. The molecule has 1 aromatic heterocycles. The second-order valence-electron chi connectivity index (χ2n) is 8.20. The van der Waals surface area contributed by atoms with Crippen molar-refractivity contribution in [2.24, 2.45) is 0 Å². The quantitative estimate of drug-likeness (QED) is 0.609. The van der Waals surface area contributed by atoms with Crippen LogP contribution in [0.5, 0.6) is 5.75 Å². The van der Waals surface area contributed by atoms with E-state index in [1.165, 1.54) is 24.0 Å². The first-order chi connectivity index (χ1) is 15.3.